The lowest BCUT2D eigenvalue weighted by molar-refractivity contribution is 0.0694. The smallest absolute Gasteiger partial charge is 0.192 e. The van der Waals surface area contributed by atoms with Crippen molar-refractivity contribution in [3.63, 3.8) is 0 Å². The molecule has 0 fully saturated rings. The van der Waals surface area contributed by atoms with Crippen LogP contribution in [0.3, 0.4) is 0 Å². The summed E-state index contributed by atoms with van der Waals surface area (Å²) in [7, 11) is 0. The number of hydrogen-bond donors (Lipinski definition) is 3. The molecule has 1 aliphatic heterocycles. The fourth-order valence-electron chi connectivity index (χ4n) is 3.49. The normalized spacial score (nSPS) is 19.3. The molecule has 3 N–H and O–H groups in total. The zero-order valence-corrected chi connectivity index (χ0v) is 17.2. The van der Waals surface area contributed by atoms with Crippen LogP contribution in [0.2, 0.25) is 0 Å². The van der Waals surface area contributed by atoms with Crippen LogP contribution in [0, 0.1) is 0 Å². The zero-order valence-electron chi connectivity index (χ0n) is 17.2. The third-order valence-corrected chi connectivity index (χ3v) is 4.91. The number of nitrogens with zero attached hydrogens (tertiary/aromatic N) is 1. The Labute approximate surface area is 167 Å². The number of aliphatic hydroxyl groups is 1. The number of ether oxygens (including phenoxy) is 1. The second-order valence-electron chi connectivity index (χ2n) is 7.91. The molecule has 2 aromatic rings. The van der Waals surface area contributed by atoms with E-state index >= 15 is 0 Å². The SMILES string of the molecule is CCNC(=NCc1ccc(C(C)O)cc1)NC1CC(C)(C)Oc2ccccc21. The molecule has 0 amide bonds. The van der Waals surface area contributed by atoms with Gasteiger partial charge in [0.05, 0.1) is 18.7 Å². The molecule has 0 aliphatic carbocycles. The van der Waals surface area contributed by atoms with Gasteiger partial charge in [-0.2, -0.15) is 0 Å². The van der Waals surface area contributed by atoms with Crippen molar-refractivity contribution >= 4 is 5.96 Å². The summed E-state index contributed by atoms with van der Waals surface area (Å²) in [6.07, 6.45) is 0.408. The molecule has 0 bridgehead atoms. The molecule has 2 aromatic carbocycles. The highest BCUT2D eigenvalue weighted by atomic mass is 16.5. The first-order valence-electron chi connectivity index (χ1n) is 9.97. The Morgan fingerprint density at radius 3 is 2.61 bits per heavy atom. The Hall–Kier alpha value is -2.53. The lowest BCUT2D eigenvalue weighted by Gasteiger charge is -2.38. The average molecular weight is 382 g/mol. The molecular formula is C23H31N3O2. The Bertz CT molecular complexity index is 813. The summed E-state index contributed by atoms with van der Waals surface area (Å²) in [6, 6.07) is 16.3. The molecular weight excluding hydrogens is 350 g/mol. The third kappa shape index (κ3) is 5.04. The molecule has 28 heavy (non-hydrogen) atoms. The molecule has 2 atom stereocenters. The van der Waals surface area contributed by atoms with Crippen LogP contribution < -0.4 is 15.4 Å². The van der Waals surface area contributed by atoms with E-state index in [2.05, 4.69) is 37.5 Å². The van der Waals surface area contributed by atoms with E-state index in [1.807, 2.05) is 42.5 Å². The lowest BCUT2D eigenvalue weighted by atomic mass is 9.90. The molecule has 0 saturated carbocycles. The van der Waals surface area contributed by atoms with Gasteiger partial charge in [0.2, 0.25) is 0 Å². The highest BCUT2D eigenvalue weighted by Crippen LogP contribution is 2.39. The zero-order chi connectivity index (χ0) is 20.1. The number of hydrogen-bond acceptors (Lipinski definition) is 3. The van der Waals surface area contributed by atoms with Gasteiger partial charge in [0.15, 0.2) is 5.96 Å². The van der Waals surface area contributed by atoms with Crippen molar-refractivity contribution in [2.24, 2.45) is 4.99 Å². The van der Waals surface area contributed by atoms with Crippen molar-refractivity contribution < 1.29 is 9.84 Å². The van der Waals surface area contributed by atoms with Gasteiger partial charge < -0.3 is 20.5 Å². The van der Waals surface area contributed by atoms with Crippen molar-refractivity contribution in [1.29, 1.82) is 0 Å². The molecule has 5 nitrogen and oxygen atoms in total. The first kappa shape index (κ1) is 20.2. The molecule has 0 aromatic heterocycles. The molecule has 150 valence electrons. The Balaban J connectivity index is 1.76. The summed E-state index contributed by atoms with van der Waals surface area (Å²) in [6.45, 7) is 9.44. The number of benzene rings is 2. The van der Waals surface area contributed by atoms with Gasteiger partial charge in [-0.25, -0.2) is 4.99 Å². The number of para-hydroxylation sites is 1. The van der Waals surface area contributed by atoms with Crippen LogP contribution in [0.25, 0.3) is 0 Å². The molecule has 0 spiro atoms. The summed E-state index contributed by atoms with van der Waals surface area (Å²) >= 11 is 0. The van der Waals surface area contributed by atoms with E-state index in [0.29, 0.717) is 6.54 Å². The minimum absolute atomic E-state index is 0.135. The quantitative estimate of drug-likeness (QED) is 0.539. The van der Waals surface area contributed by atoms with Crippen molar-refractivity contribution in [2.45, 2.75) is 58.4 Å². The minimum atomic E-state index is -0.450. The van der Waals surface area contributed by atoms with Crippen LogP contribution in [0.1, 0.15) is 63.0 Å². The fourth-order valence-corrected chi connectivity index (χ4v) is 3.49. The Morgan fingerprint density at radius 2 is 1.93 bits per heavy atom. The van der Waals surface area contributed by atoms with Crippen molar-refractivity contribution in [2.75, 3.05) is 6.54 Å². The maximum absolute atomic E-state index is 9.65. The first-order chi connectivity index (χ1) is 13.4. The van der Waals surface area contributed by atoms with Gasteiger partial charge >= 0.3 is 0 Å². The number of rotatable bonds is 5. The largest absolute Gasteiger partial charge is 0.487 e. The van der Waals surface area contributed by atoms with E-state index in [0.717, 1.165) is 41.4 Å². The van der Waals surface area contributed by atoms with Crippen LogP contribution in [-0.4, -0.2) is 23.2 Å². The number of aliphatic imine (C=N–C) groups is 1. The Kier molecular flexibility index (Phi) is 6.25. The molecule has 5 heteroatoms. The van der Waals surface area contributed by atoms with E-state index in [4.69, 9.17) is 9.73 Å². The predicted octanol–water partition coefficient (Wildman–Crippen LogP) is 4.10. The average Bonchev–Trinajstić information content (AvgIpc) is 2.65. The van der Waals surface area contributed by atoms with Crippen LogP contribution >= 0.6 is 0 Å². The fraction of sp³-hybridized carbons (Fsp3) is 0.435. The molecule has 1 heterocycles. The minimum Gasteiger partial charge on any atom is -0.487 e. The van der Waals surface area contributed by atoms with E-state index in [9.17, 15) is 5.11 Å². The monoisotopic (exact) mass is 381 g/mol. The van der Waals surface area contributed by atoms with Crippen LogP contribution in [0.5, 0.6) is 5.75 Å². The second kappa shape index (κ2) is 8.65. The predicted molar refractivity (Wildman–Crippen MR) is 114 cm³/mol. The topological polar surface area (TPSA) is 65.9 Å². The van der Waals surface area contributed by atoms with E-state index in [-0.39, 0.29) is 11.6 Å². The van der Waals surface area contributed by atoms with Crippen molar-refractivity contribution in [3.8, 4) is 5.75 Å². The molecule has 2 unspecified atom stereocenters. The molecule has 0 saturated heterocycles. The number of fused-ring (bicyclic) bond motifs is 1. The van der Waals surface area contributed by atoms with Crippen LogP contribution in [0.4, 0.5) is 0 Å². The molecule has 1 aliphatic rings. The molecule has 0 radical (unpaired) electrons. The highest BCUT2D eigenvalue weighted by Gasteiger charge is 2.33. The summed E-state index contributed by atoms with van der Waals surface area (Å²) in [5.41, 5.74) is 2.95. The summed E-state index contributed by atoms with van der Waals surface area (Å²) in [5.74, 6) is 1.72. The van der Waals surface area contributed by atoms with Crippen LogP contribution in [0.15, 0.2) is 53.5 Å². The van der Waals surface area contributed by atoms with E-state index < -0.39 is 6.10 Å². The van der Waals surface area contributed by atoms with E-state index in [1.165, 1.54) is 0 Å². The van der Waals surface area contributed by atoms with Crippen molar-refractivity contribution in [1.82, 2.24) is 10.6 Å². The number of nitrogens with one attached hydrogen (secondary N) is 2. The summed E-state index contributed by atoms with van der Waals surface area (Å²) in [4.78, 5) is 4.76. The maximum atomic E-state index is 9.65. The van der Waals surface area contributed by atoms with E-state index in [1.54, 1.807) is 6.92 Å². The standard InChI is InChI=1S/C23H31N3O2/c1-5-24-22(25-15-17-10-12-18(13-11-17)16(2)27)26-20-14-23(3,4)28-21-9-7-6-8-19(20)21/h6-13,16,20,27H,5,14-15H2,1-4H3,(H2,24,25,26). The lowest BCUT2D eigenvalue weighted by Crippen LogP contribution is -2.45. The number of guanidine groups is 1. The van der Waals surface area contributed by atoms with Gasteiger partial charge in [-0.3, -0.25) is 0 Å². The molecule has 3 rings (SSSR count). The van der Waals surface area contributed by atoms with Gasteiger partial charge in [-0.15, -0.1) is 0 Å². The maximum Gasteiger partial charge on any atom is 0.192 e. The first-order valence-corrected chi connectivity index (χ1v) is 9.97. The Morgan fingerprint density at radius 1 is 1.21 bits per heavy atom. The van der Waals surface area contributed by atoms with Gasteiger partial charge in [-0.05, 0) is 44.9 Å². The van der Waals surface area contributed by atoms with Gasteiger partial charge in [0.1, 0.15) is 11.4 Å². The second-order valence-corrected chi connectivity index (χ2v) is 7.91. The van der Waals surface area contributed by atoms with Gasteiger partial charge in [-0.1, -0.05) is 42.5 Å². The summed E-state index contributed by atoms with van der Waals surface area (Å²) < 4.78 is 6.13. The van der Waals surface area contributed by atoms with Gasteiger partial charge in [0.25, 0.3) is 0 Å². The summed E-state index contributed by atoms with van der Waals surface area (Å²) in [5, 5.41) is 16.6. The number of aliphatic hydroxyl groups excluding tert-OH is 1. The van der Waals surface area contributed by atoms with Gasteiger partial charge in [0, 0.05) is 18.5 Å². The van der Waals surface area contributed by atoms with Crippen molar-refractivity contribution in [3.05, 3.63) is 65.2 Å². The highest BCUT2D eigenvalue weighted by molar-refractivity contribution is 5.80. The van der Waals surface area contributed by atoms with Crippen LogP contribution in [-0.2, 0) is 6.54 Å². The third-order valence-electron chi connectivity index (χ3n) is 4.91.